The maximum Gasteiger partial charge on any atom is 0.143 e. The van der Waals surface area contributed by atoms with E-state index in [9.17, 15) is 4.79 Å². The second-order valence-corrected chi connectivity index (χ2v) is 4.75. The molecule has 16 heavy (non-hydrogen) atoms. The Morgan fingerprint density at radius 1 is 1.62 bits per heavy atom. The maximum absolute atomic E-state index is 12.1. The molecular weight excluding hydrogens is 202 g/mol. The Balaban J connectivity index is 2.04. The molecule has 2 N–H and O–H groups in total. The minimum Gasteiger partial charge on any atom is -0.327 e. The second kappa shape index (κ2) is 4.37. The van der Waals surface area contributed by atoms with E-state index in [2.05, 4.69) is 5.10 Å². The molecule has 1 saturated carbocycles. The monoisotopic (exact) mass is 221 g/mol. The van der Waals surface area contributed by atoms with Crippen molar-refractivity contribution in [3.8, 4) is 0 Å². The van der Waals surface area contributed by atoms with Crippen molar-refractivity contribution in [2.75, 3.05) is 0 Å². The molecule has 0 bridgehead atoms. The third-order valence-corrected chi connectivity index (χ3v) is 3.44. The Morgan fingerprint density at radius 2 is 2.38 bits per heavy atom. The zero-order valence-corrected chi connectivity index (χ0v) is 9.94. The van der Waals surface area contributed by atoms with Gasteiger partial charge >= 0.3 is 0 Å². The van der Waals surface area contributed by atoms with Gasteiger partial charge < -0.3 is 5.73 Å². The molecule has 0 saturated heterocycles. The molecule has 1 aliphatic carbocycles. The fraction of sp³-hybridized carbons (Fsp3) is 0.667. The molecule has 1 fully saturated rings. The molecule has 0 aromatic carbocycles. The van der Waals surface area contributed by atoms with Crippen LogP contribution in [0.2, 0.25) is 0 Å². The molecule has 2 unspecified atom stereocenters. The van der Waals surface area contributed by atoms with Crippen molar-refractivity contribution in [1.29, 1.82) is 0 Å². The molecule has 0 aliphatic heterocycles. The number of nitrogens with zero attached hydrogens (tertiary/aromatic N) is 2. The van der Waals surface area contributed by atoms with Crippen LogP contribution in [0.25, 0.3) is 0 Å². The lowest BCUT2D eigenvalue weighted by atomic mass is 9.95. The van der Waals surface area contributed by atoms with Gasteiger partial charge in [0.25, 0.3) is 0 Å². The van der Waals surface area contributed by atoms with Crippen LogP contribution in [-0.4, -0.2) is 21.6 Å². The van der Waals surface area contributed by atoms with Gasteiger partial charge in [-0.1, -0.05) is 6.42 Å². The number of hydrogen-bond donors (Lipinski definition) is 1. The molecule has 2 atom stereocenters. The van der Waals surface area contributed by atoms with Gasteiger partial charge in [-0.3, -0.25) is 9.48 Å². The van der Waals surface area contributed by atoms with E-state index in [-0.39, 0.29) is 17.7 Å². The lowest BCUT2D eigenvalue weighted by Gasteiger charge is -2.13. The van der Waals surface area contributed by atoms with E-state index in [1.54, 1.807) is 4.68 Å². The van der Waals surface area contributed by atoms with E-state index in [0.717, 1.165) is 30.7 Å². The van der Waals surface area contributed by atoms with E-state index < -0.39 is 0 Å². The summed E-state index contributed by atoms with van der Waals surface area (Å²) >= 11 is 0. The molecule has 1 aromatic rings. The van der Waals surface area contributed by atoms with Crippen LogP contribution in [0.5, 0.6) is 0 Å². The number of carbonyl (C=O) groups is 1. The van der Waals surface area contributed by atoms with Gasteiger partial charge in [0, 0.05) is 31.1 Å². The molecule has 1 aliphatic rings. The van der Waals surface area contributed by atoms with Gasteiger partial charge in [0.2, 0.25) is 0 Å². The van der Waals surface area contributed by atoms with Crippen LogP contribution in [0, 0.1) is 12.8 Å². The summed E-state index contributed by atoms with van der Waals surface area (Å²) in [6.07, 6.45) is 3.50. The van der Waals surface area contributed by atoms with Gasteiger partial charge in [0.05, 0.1) is 5.69 Å². The fourth-order valence-electron chi connectivity index (χ4n) is 2.53. The number of aromatic nitrogens is 2. The second-order valence-electron chi connectivity index (χ2n) is 4.75. The van der Waals surface area contributed by atoms with Crippen LogP contribution in [0.1, 0.15) is 30.7 Å². The smallest absolute Gasteiger partial charge is 0.143 e. The van der Waals surface area contributed by atoms with Crippen molar-refractivity contribution in [2.45, 2.75) is 38.6 Å². The van der Waals surface area contributed by atoms with Crippen molar-refractivity contribution in [2.24, 2.45) is 18.7 Å². The number of aryl methyl sites for hydroxylation is 2. The SMILES string of the molecule is Cc1cc(CC(=O)C2CCCC2N)n(C)n1. The topological polar surface area (TPSA) is 60.9 Å². The van der Waals surface area contributed by atoms with E-state index in [1.165, 1.54) is 0 Å². The van der Waals surface area contributed by atoms with Gasteiger partial charge in [-0.05, 0) is 25.8 Å². The minimum absolute atomic E-state index is 0.0650. The third-order valence-electron chi connectivity index (χ3n) is 3.44. The van der Waals surface area contributed by atoms with E-state index in [1.807, 2.05) is 20.0 Å². The Kier molecular flexibility index (Phi) is 3.10. The quantitative estimate of drug-likeness (QED) is 0.827. The number of hydrogen-bond acceptors (Lipinski definition) is 3. The number of Topliss-reactive ketones (excluding diaryl/α,β-unsaturated/α-hetero) is 1. The van der Waals surface area contributed by atoms with Gasteiger partial charge in [-0.2, -0.15) is 5.10 Å². The zero-order chi connectivity index (χ0) is 11.7. The summed E-state index contributed by atoms with van der Waals surface area (Å²) in [5.74, 6) is 0.336. The van der Waals surface area contributed by atoms with E-state index in [0.29, 0.717) is 6.42 Å². The fourth-order valence-corrected chi connectivity index (χ4v) is 2.53. The lowest BCUT2D eigenvalue weighted by Crippen LogP contribution is -2.31. The first-order valence-corrected chi connectivity index (χ1v) is 5.85. The van der Waals surface area contributed by atoms with Crippen LogP contribution < -0.4 is 5.73 Å². The molecule has 1 aromatic heterocycles. The summed E-state index contributed by atoms with van der Waals surface area (Å²) in [6.45, 7) is 1.94. The van der Waals surface area contributed by atoms with Crippen LogP contribution in [0.3, 0.4) is 0 Å². The summed E-state index contributed by atoms with van der Waals surface area (Å²) in [4.78, 5) is 12.1. The number of nitrogens with two attached hydrogens (primary N) is 1. The summed E-state index contributed by atoms with van der Waals surface area (Å²) in [7, 11) is 1.88. The zero-order valence-electron chi connectivity index (χ0n) is 9.94. The minimum atomic E-state index is 0.0650. The maximum atomic E-state index is 12.1. The highest BCUT2D eigenvalue weighted by Gasteiger charge is 2.30. The summed E-state index contributed by atoms with van der Waals surface area (Å²) in [5, 5.41) is 4.24. The Morgan fingerprint density at radius 3 is 2.88 bits per heavy atom. The molecule has 0 amide bonds. The predicted octanol–water partition coefficient (Wildman–Crippen LogP) is 0.968. The number of rotatable bonds is 3. The first kappa shape index (κ1) is 11.3. The van der Waals surface area contributed by atoms with Crippen molar-refractivity contribution >= 4 is 5.78 Å². The van der Waals surface area contributed by atoms with Gasteiger partial charge in [0.1, 0.15) is 5.78 Å². The van der Waals surface area contributed by atoms with Crippen LogP contribution >= 0.6 is 0 Å². The van der Waals surface area contributed by atoms with Gasteiger partial charge in [-0.15, -0.1) is 0 Å². The molecule has 0 spiro atoms. The first-order chi connectivity index (χ1) is 7.58. The molecular formula is C12H19N3O. The predicted molar refractivity (Wildman–Crippen MR) is 62.0 cm³/mol. The van der Waals surface area contributed by atoms with Crippen LogP contribution in [0.15, 0.2) is 6.07 Å². The average Bonchev–Trinajstić information content (AvgIpc) is 2.74. The highest BCUT2D eigenvalue weighted by atomic mass is 16.1. The molecule has 0 radical (unpaired) electrons. The number of carbonyl (C=O) groups excluding carboxylic acids is 1. The summed E-state index contributed by atoms with van der Waals surface area (Å²) in [6, 6.07) is 2.04. The largest absolute Gasteiger partial charge is 0.327 e. The molecule has 2 rings (SSSR count). The molecule has 1 heterocycles. The Bertz CT molecular complexity index is 397. The van der Waals surface area contributed by atoms with Gasteiger partial charge in [0.15, 0.2) is 0 Å². The van der Waals surface area contributed by atoms with Crippen molar-refractivity contribution < 1.29 is 4.79 Å². The number of ketones is 1. The van der Waals surface area contributed by atoms with Gasteiger partial charge in [-0.25, -0.2) is 0 Å². The highest BCUT2D eigenvalue weighted by molar-refractivity contribution is 5.83. The van der Waals surface area contributed by atoms with Crippen LogP contribution in [0.4, 0.5) is 0 Å². The highest BCUT2D eigenvalue weighted by Crippen LogP contribution is 2.25. The Hall–Kier alpha value is -1.16. The normalized spacial score (nSPS) is 24.9. The van der Waals surface area contributed by atoms with E-state index in [4.69, 9.17) is 5.73 Å². The molecule has 4 heteroatoms. The molecule has 4 nitrogen and oxygen atoms in total. The lowest BCUT2D eigenvalue weighted by molar-refractivity contribution is -0.122. The molecule has 88 valence electrons. The van der Waals surface area contributed by atoms with Crippen molar-refractivity contribution in [3.63, 3.8) is 0 Å². The average molecular weight is 221 g/mol. The Labute approximate surface area is 95.8 Å². The summed E-state index contributed by atoms with van der Waals surface area (Å²) in [5.41, 5.74) is 7.88. The summed E-state index contributed by atoms with van der Waals surface area (Å²) < 4.78 is 1.79. The van der Waals surface area contributed by atoms with E-state index >= 15 is 0 Å². The standard InChI is InChI=1S/C12H19N3O/c1-8-6-9(15(2)14-8)7-12(16)10-4-3-5-11(10)13/h6,10-11H,3-5,7,13H2,1-2H3. The van der Waals surface area contributed by atoms with Crippen molar-refractivity contribution in [3.05, 3.63) is 17.5 Å². The van der Waals surface area contributed by atoms with Crippen molar-refractivity contribution in [1.82, 2.24) is 9.78 Å². The third kappa shape index (κ3) is 2.16. The van der Waals surface area contributed by atoms with Crippen LogP contribution in [-0.2, 0) is 18.3 Å². The first-order valence-electron chi connectivity index (χ1n) is 5.85.